The minimum absolute atomic E-state index is 0.352. The SMILES string of the molecule is OC[C@H]1ON=C[C@@H](O)[C@@H]1O. The van der Waals surface area contributed by atoms with Gasteiger partial charge in [-0.2, -0.15) is 0 Å². The van der Waals surface area contributed by atoms with Crippen molar-refractivity contribution < 1.29 is 20.2 Å². The summed E-state index contributed by atoms with van der Waals surface area (Å²) in [5.41, 5.74) is 0. The van der Waals surface area contributed by atoms with Crippen molar-refractivity contribution in [2.24, 2.45) is 5.16 Å². The summed E-state index contributed by atoms with van der Waals surface area (Å²) >= 11 is 0. The highest BCUT2D eigenvalue weighted by atomic mass is 16.7. The predicted octanol–water partition coefficient (Wildman–Crippen LogP) is -1.91. The van der Waals surface area contributed by atoms with Gasteiger partial charge in [0.2, 0.25) is 0 Å². The first-order chi connectivity index (χ1) is 4.75. The molecule has 1 rings (SSSR count). The van der Waals surface area contributed by atoms with Crippen LogP contribution in [0.5, 0.6) is 0 Å². The van der Waals surface area contributed by atoms with Gasteiger partial charge in [0, 0.05) is 0 Å². The molecule has 0 aromatic heterocycles. The minimum Gasteiger partial charge on any atom is -0.392 e. The Morgan fingerprint density at radius 1 is 1.50 bits per heavy atom. The average Bonchev–Trinajstić information content (AvgIpc) is 1.95. The van der Waals surface area contributed by atoms with Crippen LogP contribution < -0.4 is 0 Å². The van der Waals surface area contributed by atoms with Crippen molar-refractivity contribution >= 4 is 6.21 Å². The molecular formula is C5H9NO4. The Balaban J connectivity index is 2.56. The van der Waals surface area contributed by atoms with E-state index in [1.807, 2.05) is 0 Å². The molecule has 5 heteroatoms. The second kappa shape index (κ2) is 2.96. The van der Waals surface area contributed by atoms with Crippen molar-refractivity contribution in [2.45, 2.75) is 18.3 Å². The number of rotatable bonds is 1. The first kappa shape index (κ1) is 7.46. The lowest BCUT2D eigenvalue weighted by Crippen LogP contribution is -2.44. The highest BCUT2D eigenvalue weighted by Gasteiger charge is 2.29. The smallest absolute Gasteiger partial charge is 0.179 e. The van der Waals surface area contributed by atoms with Crippen molar-refractivity contribution in [3.63, 3.8) is 0 Å². The van der Waals surface area contributed by atoms with E-state index in [1.54, 1.807) is 0 Å². The van der Waals surface area contributed by atoms with Gasteiger partial charge >= 0.3 is 0 Å². The summed E-state index contributed by atoms with van der Waals surface area (Å²) < 4.78 is 0. The van der Waals surface area contributed by atoms with Crippen LogP contribution in [-0.4, -0.2) is 46.5 Å². The Bertz CT molecular complexity index is 138. The molecule has 0 amide bonds. The standard InChI is InChI=1S/C5H9NO4/c7-2-4-5(9)3(8)1-6-10-4/h1,3-5,7-9H,2H2/t3-,4-,5+/m1/s1. The molecule has 0 spiro atoms. The summed E-state index contributed by atoms with van der Waals surface area (Å²) in [6.45, 7) is -0.352. The molecule has 0 aliphatic carbocycles. The highest BCUT2D eigenvalue weighted by Crippen LogP contribution is 2.07. The van der Waals surface area contributed by atoms with E-state index in [9.17, 15) is 0 Å². The molecule has 0 radical (unpaired) electrons. The lowest BCUT2D eigenvalue weighted by atomic mass is 10.1. The van der Waals surface area contributed by atoms with Crippen LogP contribution in [0.3, 0.4) is 0 Å². The monoisotopic (exact) mass is 147 g/mol. The molecule has 1 heterocycles. The molecule has 0 saturated carbocycles. The van der Waals surface area contributed by atoms with E-state index in [1.165, 1.54) is 0 Å². The average molecular weight is 147 g/mol. The summed E-state index contributed by atoms with van der Waals surface area (Å²) in [6, 6.07) is 0. The fraction of sp³-hybridized carbons (Fsp3) is 0.800. The molecule has 3 N–H and O–H groups in total. The van der Waals surface area contributed by atoms with E-state index in [0.717, 1.165) is 6.21 Å². The zero-order valence-corrected chi connectivity index (χ0v) is 5.21. The molecule has 1 aliphatic rings. The van der Waals surface area contributed by atoms with Gasteiger partial charge in [-0.05, 0) is 0 Å². The van der Waals surface area contributed by atoms with Gasteiger partial charge in [-0.25, -0.2) is 0 Å². The lowest BCUT2D eigenvalue weighted by molar-refractivity contribution is -0.103. The summed E-state index contributed by atoms with van der Waals surface area (Å²) in [5.74, 6) is 0. The molecule has 10 heavy (non-hydrogen) atoms. The Hall–Kier alpha value is -0.650. The van der Waals surface area contributed by atoms with Crippen LogP contribution >= 0.6 is 0 Å². The molecule has 0 fully saturated rings. The number of oxime groups is 1. The molecule has 5 nitrogen and oxygen atoms in total. The summed E-state index contributed by atoms with van der Waals surface area (Å²) in [7, 11) is 0. The Morgan fingerprint density at radius 3 is 2.70 bits per heavy atom. The van der Waals surface area contributed by atoms with Gasteiger partial charge in [-0.1, -0.05) is 5.16 Å². The molecule has 0 bridgehead atoms. The van der Waals surface area contributed by atoms with Crippen molar-refractivity contribution in [1.29, 1.82) is 0 Å². The zero-order valence-electron chi connectivity index (χ0n) is 5.21. The third kappa shape index (κ3) is 1.26. The third-order valence-electron chi connectivity index (χ3n) is 1.32. The molecule has 3 atom stereocenters. The van der Waals surface area contributed by atoms with Gasteiger partial charge in [0.15, 0.2) is 6.10 Å². The molecule has 1 aliphatic heterocycles. The largest absolute Gasteiger partial charge is 0.392 e. The van der Waals surface area contributed by atoms with E-state index < -0.39 is 18.3 Å². The number of nitrogens with zero attached hydrogens (tertiary/aromatic N) is 1. The molecule has 0 unspecified atom stereocenters. The van der Waals surface area contributed by atoms with E-state index in [2.05, 4.69) is 9.99 Å². The lowest BCUT2D eigenvalue weighted by Gasteiger charge is -2.24. The molecule has 0 saturated heterocycles. The summed E-state index contributed by atoms with van der Waals surface area (Å²) in [5, 5.41) is 29.7. The number of aliphatic hydroxyl groups is 3. The second-order valence-corrected chi connectivity index (χ2v) is 2.06. The quantitative estimate of drug-likeness (QED) is 0.404. The van der Waals surface area contributed by atoms with Crippen molar-refractivity contribution in [1.82, 2.24) is 0 Å². The van der Waals surface area contributed by atoms with E-state index in [4.69, 9.17) is 15.3 Å². The second-order valence-electron chi connectivity index (χ2n) is 2.06. The van der Waals surface area contributed by atoms with Crippen molar-refractivity contribution in [3.8, 4) is 0 Å². The van der Waals surface area contributed by atoms with Gasteiger partial charge < -0.3 is 20.2 Å². The maximum Gasteiger partial charge on any atom is 0.179 e. The third-order valence-corrected chi connectivity index (χ3v) is 1.32. The van der Waals surface area contributed by atoms with Gasteiger partial charge in [0.1, 0.15) is 12.2 Å². The zero-order chi connectivity index (χ0) is 7.56. The molecule has 0 aromatic carbocycles. The predicted molar refractivity (Wildman–Crippen MR) is 32.5 cm³/mol. The first-order valence-electron chi connectivity index (χ1n) is 2.92. The maximum atomic E-state index is 9.01. The van der Waals surface area contributed by atoms with Crippen LogP contribution in [0.2, 0.25) is 0 Å². The Labute approximate surface area is 57.5 Å². The molecular weight excluding hydrogens is 138 g/mol. The minimum atomic E-state index is -1.08. The van der Waals surface area contributed by atoms with Crippen LogP contribution in [0, 0.1) is 0 Å². The fourth-order valence-corrected chi connectivity index (χ4v) is 0.687. The Morgan fingerprint density at radius 2 is 2.20 bits per heavy atom. The first-order valence-corrected chi connectivity index (χ1v) is 2.92. The van der Waals surface area contributed by atoms with Crippen LogP contribution in [0.4, 0.5) is 0 Å². The van der Waals surface area contributed by atoms with Gasteiger partial charge in [0.25, 0.3) is 0 Å². The maximum absolute atomic E-state index is 9.01. The van der Waals surface area contributed by atoms with E-state index >= 15 is 0 Å². The number of hydrogen-bond donors (Lipinski definition) is 3. The van der Waals surface area contributed by atoms with E-state index in [0.29, 0.717) is 0 Å². The highest BCUT2D eigenvalue weighted by molar-refractivity contribution is 5.63. The van der Waals surface area contributed by atoms with Gasteiger partial charge in [-0.3, -0.25) is 0 Å². The van der Waals surface area contributed by atoms with Crippen LogP contribution in [0.1, 0.15) is 0 Å². The van der Waals surface area contributed by atoms with Gasteiger partial charge in [-0.15, -0.1) is 0 Å². The summed E-state index contributed by atoms with van der Waals surface area (Å²) in [4.78, 5) is 4.52. The molecule has 0 aromatic rings. The van der Waals surface area contributed by atoms with E-state index in [-0.39, 0.29) is 6.61 Å². The number of hydrogen-bond acceptors (Lipinski definition) is 5. The van der Waals surface area contributed by atoms with Crippen LogP contribution in [-0.2, 0) is 4.84 Å². The van der Waals surface area contributed by atoms with Gasteiger partial charge in [0.05, 0.1) is 12.8 Å². The van der Waals surface area contributed by atoms with Crippen LogP contribution in [0.25, 0.3) is 0 Å². The normalized spacial score (nSPS) is 39.3. The van der Waals surface area contributed by atoms with Crippen molar-refractivity contribution in [3.05, 3.63) is 0 Å². The summed E-state index contributed by atoms with van der Waals surface area (Å²) in [6.07, 6.45) is -1.84. The topological polar surface area (TPSA) is 82.3 Å². The fourth-order valence-electron chi connectivity index (χ4n) is 0.687. The van der Waals surface area contributed by atoms with Crippen LogP contribution in [0.15, 0.2) is 5.16 Å². The Kier molecular flexibility index (Phi) is 2.21. The number of aliphatic hydroxyl groups excluding tert-OH is 3. The molecule has 58 valence electrons. The van der Waals surface area contributed by atoms with Crippen molar-refractivity contribution in [2.75, 3.05) is 6.61 Å².